The van der Waals surface area contributed by atoms with Crippen molar-refractivity contribution in [3.8, 4) is 11.5 Å². The number of phenols is 1. The standard InChI is InChI=1S/C21H26N2O5/c22-20(18(25)26)5-6-21(27)14-9-12-3-4-13(24)16-15(12)19(21,17(20)28-16)7-8-23(14)10-11-1-2-11/h3-4,11,14,17,24,27H,1-2,5-10,22H2,(H,25,26)/t14-,17-,19?,20-,21-/m1/s1. The highest BCUT2D eigenvalue weighted by molar-refractivity contribution is 5.82. The number of nitrogens with zero attached hydrogens (tertiary/aromatic N) is 1. The van der Waals surface area contributed by atoms with Gasteiger partial charge in [-0.1, -0.05) is 6.07 Å². The summed E-state index contributed by atoms with van der Waals surface area (Å²) < 4.78 is 6.15. The minimum atomic E-state index is -1.59. The first-order valence-corrected chi connectivity index (χ1v) is 10.3. The number of ether oxygens (including phenoxy) is 1. The normalized spacial score (nSPS) is 43.4. The van der Waals surface area contributed by atoms with Gasteiger partial charge in [0.15, 0.2) is 17.0 Å². The molecule has 0 radical (unpaired) electrons. The Bertz CT molecular complexity index is 901. The summed E-state index contributed by atoms with van der Waals surface area (Å²) in [5.41, 5.74) is 4.71. The van der Waals surface area contributed by atoms with Crippen molar-refractivity contribution < 1.29 is 24.9 Å². The first-order valence-electron chi connectivity index (χ1n) is 10.3. The van der Waals surface area contributed by atoms with Crippen molar-refractivity contribution in [3.63, 3.8) is 0 Å². The van der Waals surface area contributed by atoms with Gasteiger partial charge < -0.3 is 25.8 Å². The van der Waals surface area contributed by atoms with Gasteiger partial charge in [-0.05, 0) is 62.6 Å². The molecule has 3 fully saturated rings. The molecule has 2 bridgehead atoms. The van der Waals surface area contributed by atoms with E-state index in [-0.39, 0.29) is 18.2 Å². The molecule has 2 heterocycles. The van der Waals surface area contributed by atoms with E-state index in [0.29, 0.717) is 30.9 Å². The Labute approximate surface area is 163 Å². The quantitative estimate of drug-likeness (QED) is 0.605. The zero-order valence-electron chi connectivity index (χ0n) is 15.7. The van der Waals surface area contributed by atoms with E-state index in [1.807, 2.05) is 6.07 Å². The zero-order valence-corrected chi connectivity index (χ0v) is 15.7. The molecule has 5 atom stereocenters. The van der Waals surface area contributed by atoms with Gasteiger partial charge in [-0.15, -0.1) is 0 Å². The number of carboxylic acids is 1. The Morgan fingerprint density at radius 1 is 1.29 bits per heavy atom. The van der Waals surface area contributed by atoms with Gasteiger partial charge in [-0.25, -0.2) is 0 Å². The third kappa shape index (κ3) is 1.75. The maximum Gasteiger partial charge on any atom is 0.327 e. The Morgan fingerprint density at radius 2 is 2.07 bits per heavy atom. The van der Waals surface area contributed by atoms with Crippen LogP contribution in [0.2, 0.25) is 0 Å². The van der Waals surface area contributed by atoms with Crippen molar-refractivity contribution in [1.82, 2.24) is 4.90 Å². The van der Waals surface area contributed by atoms with Crippen LogP contribution in [0.5, 0.6) is 11.5 Å². The van der Waals surface area contributed by atoms with Crippen LogP contribution in [0.1, 0.15) is 43.2 Å². The lowest BCUT2D eigenvalue weighted by atomic mass is 9.46. The van der Waals surface area contributed by atoms with Crippen LogP contribution < -0.4 is 10.5 Å². The average Bonchev–Trinajstić information content (AvgIpc) is 3.39. The number of carbonyl (C=O) groups is 1. The van der Waals surface area contributed by atoms with Crippen LogP contribution in [-0.2, 0) is 16.6 Å². The van der Waals surface area contributed by atoms with E-state index >= 15 is 0 Å². The molecule has 7 heteroatoms. The second-order valence-electron chi connectivity index (χ2n) is 9.60. The minimum absolute atomic E-state index is 0.00327. The van der Waals surface area contributed by atoms with Gasteiger partial charge in [-0.3, -0.25) is 9.69 Å². The number of aromatic hydroxyl groups is 1. The van der Waals surface area contributed by atoms with E-state index in [0.717, 1.165) is 24.2 Å². The summed E-state index contributed by atoms with van der Waals surface area (Å²) in [7, 11) is 0. The molecule has 28 heavy (non-hydrogen) atoms. The molecule has 2 aliphatic heterocycles. The predicted octanol–water partition coefficient (Wildman–Crippen LogP) is 0.738. The second-order valence-corrected chi connectivity index (χ2v) is 9.60. The maximum atomic E-state index is 12.2. The molecule has 0 aromatic heterocycles. The highest BCUT2D eigenvalue weighted by atomic mass is 16.5. The molecule has 1 saturated heterocycles. The number of likely N-dealkylation sites (tertiary alicyclic amines) is 1. The van der Waals surface area contributed by atoms with Crippen molar-refractivity contribution in [2.75, 3.05) is 13.1 Å². The van der Waals surface area contributed by atoms with Gasteiger partial charge in [0.2, 0.25) is 0 Å². The Hall–Kier alpha value is -1.83. The molecule has 1 aromatic carbocycles. The number of hydrogen-bond acceptors (Lipinski definition) is 6. The van der Waals surface area contributed by atoms with E-state index in [2.05, 4.69) is 4.90 Å². The number of rotatable bonds is 3. The molecule has 1 aromatic rings. The number of aliphatic hydroxyl groups is 1. The van der Waals surface area contributed by atoms with Gasteiger partial charge in [0.05, 0.1) is 11.0 Å². The number of phenolic OH excluding ortho intramolecular Hbond substituents is 1. The van der Waals surface area contributed by atoms with Crippen molar-refractivity contribution in [2.24, 2.45) is 11.7 Å². The lowest BCUT2D eigenvalue weighted by Crippen LogP contribution is -2.81. The van der Waals surface area contributed by atoms with Crippen LogP contribution in [0.25, 0.3) is 0 Å². The van der Waals surface area contributed by atoms with Gasteiger partial charge in [-0.2, -0.15) is 0 Å². The largest absolute Gasteiger partial charge is 0.504 e. The highest BCUT2D eigenvalue weighted by Crippen LogP contribution is 2.66. The molecule has 2 saturated carbocycles. The summed E-state index contributed by atoms with van der Waals surface area (Å²) in [4.78, 5) is 14.6. The van der Waals surface area contributed by atoms with Crippen molar-refractivity contribution in [2.45, 2.75) is 67.2 Å². The molecule has 7 nitrogen and oxygen atoms in total. The van der Waals surface area contributed by atoms with E-state index in [9.17, 15) is 20.1 Å². The van der Waals surface area contributed by atoms with Crippen LogP contribution in [0, 0.1) is 5.92 Å². The molecular formula is C21H26N2O5. The molecule has 3 aliphatic carbocycles. The molecule has 0 amide bonds. The number of aliphatic carboxylic acids is 1. The van der Waals surface area contributed by atoms with E-state index in [1.165, 1.54) is 12.8 Å². The van der Waals surface area contributed by atoms with Crippen LogP contribution in [0.15, 0.2) is 12.1 Å². The fraction of sp³-hybridized carbons (Fsp3) is 0.667. The van der Waals surface area contributed by atoms with E-state index in [4.69, 9.17) is 10.5 Å². The number of hydrogen-bond donors (Lipinski definition) is 4. The molecule has 5 aliphatic rings. The fourth-order valence-corrected chi connectivity index (χ4v) is 6.77. The topological polar surface area (TPSA) is 116 Å². The molecular weight excluding hydrogens is 360 g/mol. The Morgan fingerprint density at radius 3 is 2.79 bits per heavy atom. The Balaban J connectivity index is 1.58. The van der Waals surface area contributed by atoms with Gasteiger partial charge in [0.25, 0.3) is 0 Å². The predicted molar refractivity (Wildman–Crippen MR) is 99.3 cm³/mol. The SMILES string of the molecule is N[C@]1(C(=O)O)CC[C@@]2(O)[C@H]3Cc4ccc(O)c5c4C2(CCN3CC2CC2)[C@H]1O5. The lowest BCUT2D eigenvalue weighted by Gasteiger charge is -2.65. The number of carboxylic acid groups (broad SMARTS) is 1. The van der Waals surface area contributed by atoms with Crippen LogP contribution in [0.4, 0.5) is 0 Å². The molecule has 1 spiro atoms. The smallest absolute Gasteiger partial charge is 0.327 e. The van der Waals surface area contributed by atoms with Crippen molar-refractivity contribution >= 4 is 5.97 Å². The van der Waals surface area contributed by atoms with Gasteiger partial charge in [0, 0.05) is 18.2 Å². The maximum absolute atomic E-state index is 12.2. The lowest BCUT2D eigenvalue weighted by molar-refractivity contribution is -0.207. The summed E-state index contributed by atoms with van der Waals surface area (Å²) in [5, 5.41) is 32.6. The summed E-state index contributed by atoms with van der Waals surface area (Å²) in [6, 6.07) is 3.45. The number of piperidine rings is 1. The van der Waals surface area contributed by atoms with Crippen LogP contribution in [0.3, 0.4) is 0 Å². The third-order valence-electron chi connectivity index (χ3n) is 8.30. The summed E-state index contributed by atoms with van der Waals surface area (Å²) in [6.07, 6.45) is 3.38. The molecule has 1 unspecified atom stereocenters. The van der Waals surface area contributed by atoms with Gasteiger partial charge in [0.1, 0.15) is 6.10 Å². The summed E-state index contributed by atoms with van der Waals surface area (Å²) in [6.45, 7) is 1.77. The molecule has 6 rings (SSSR count). The van der Waals surface area contributed by atoms with Crippen LogP contribution >= 0.6 is 0 Å². The fourth-order valence-electron chi connectivity index (χ4n) is 6.77. The monoisotopic (exact) mass is 386 g/mol. The summed E-state index contributed by atoms with van der Waals surface area (Å²) in [5.74, 6) is -0.0731. The Kier molecular flexibility index (Phi) is 3.05. The zero-order chi connectivity index (χ0) is 19.5. The summed E-state index contributed by atoms with van der Waals surface area (Å²) >= 11 is 0. The first-order chi connectivity index (χ1) is 13.3. The van der Waals surface area contributed by atoms with E-state index in [1.54, 1.807) is 6.07 Å². The number of benzene rings is 1. The van der Waals surface area contributed by atoms with Crippen molar-refractivity contribution in [3.05, 3.63) is 23.3 Å². The van der Waals surface area contributed by atoms with Crippen LogP contribution in [-0.4, -0.2) is 62.6 Å². The van der Waals surface area contributed by atoms with E-state index < -0.39 is 28.6 Å². The molecule has 150 valence electrons. The number of nitrogens with two attached hydrogens (primary N) is 1. The third-order valence-corrected chi connectivity index (χ3v) is 8.30. The highest BCUT2D eigenvalue weighted by Gasteiger charge is 2.76. The first kappa shape index (κ1) is 17.1. The molecule has 5 N–H and O–H groups in total. The average molecular weight is 386 g/mol. The van der Waals surface area contributed by atoms with Gasteiger partial charge >= 0.3 is 5.97 Å². The second kappa shape index (κ2) is 5.01. The minimum Gasteiger partial charge on any atom is -0.504 e. The van der Waals surface area contributed by atoms with Crippen molar-refractivity contribution in [1.29, 1.82) is 0 Å².